The van der Waals surface area contributed by atoms with Crippen LogP contribution in [0.15, 0.2) is 49.2 Å². The zero-order valence-electron chi connectivity index (χ0n) is 19.5. The monoisotopic (exact) mass is 429 g/mol. The van der Waals surface area contributed by atoms with Crippen molar-refractivity contribution in [2.75, 3.05) is 0 Å². The number of H-pyrrole nitrogens is 1. The smallest absolute Gasteiger partial charge is 0.126 e. The predicted molar refractivity (Wildman–Crippen MR) is 131 cm³/mol. The molecule has 4 heteroatoms. The van der Waals surface area contributed by atoms with E-state index in [1.165, 1.54) is 41.4 Å². The fourth-order valence-electron chi connectivity index (χ4n) is 5.73. The van der Waals surface area contributed by atoms with Crippen LogP contribution >= 0.6 is 0 Å². The largest absolute Gasteiger partial charge is 0.313 e. The van der Waals surface area contributed by atoms with Gasteiger partial charge in [0.2, 0.25) is 0 Å². The van der Waals surface area contributed by atoms with Gasteiger partial charge in [0, 0.05) is 22.2 Å². The minimum Gasteiger partial charge on any atom is -0.313 e. The molecule has 1 fully saturated rings. The third-order valence-electron chi connectivity index (χ3n) is 7.44. The van der Waals surface area contributed by atoms with Crippen LogP contribution in [-0.2, 0) is 6.42 Å². The molecule has 0 atom stereocenters. The van der Waals surface area contributed by atoms with Crippen molar-refractivity contribution in [2.45, 2.75) is 59.3 Å². The molecule has 5 rings (SSSR count). The van der Waals surface area contributed by atoms with Gasteiger partial charge in [0.1, 0.15) is 5.82 Å². The molecule has 4 aromatic rings. The molecule has 2 heterocycles. The van der Waals surface area contributed by atoms with Gasteiger partial charge in [-0.05, 0) is 91.3 Å². The highest BCUT2D eigenvalue weighted by Gasteiger charge is 2.38. The zero-order chi connectivity index (χ0) is 22.6. The molecule has 3 nitrogen and oxygen atoms in total. The summed E-state index contributed by atoms with van der Waals surface area (Å²) < 4.78 is 16.4. The van der Waals surface area contributed by atoms with Gasteiger partial charge in [0.15, 0.2) is 0 Å². The first-order valence-corrected chi connectivity index (χ1v) is 11.7. The highest BCUT2D eigenvalue weighted by molar-refractivity contribution is 5.98. The van der Waals surface area contributed by atoms with Crippen molar-refractivity contribution >= 4 is 21.8 Å². The van der Waals surface area contributed by atoms with Gasteiger partial charge in [-0.25, -0.2) is 4.39 Å². The number of hydrogen-bond donors (Lipinski definition) is 1. The number of halogens is 1. The Kier molecular flexibility index (Phi) is 4.99. The molecule has 2 aromatic carbocycles. The zero-order valence-corrected chi connectivity index (χ0v) is 19.5. The number of fused-ring (bicyclic) bond motifs is 2. The average Bonchev–Trinajstić information content (AvgIpc) is 3.32. The fourth-order valence-corrected chi connectivity index (χ4v) is 5.73. The Bertz CT molecular complexity index is 1320. The van der Waals surface area contributed by atoms with Crippen LogP contribution in [-0.4, -0.2) is 14.8 Å². The lowest BCUT2D eigenvalue weighted by atomic mass is 9.61. The van der Waals surface area contributed by atoms with Gasteiger partial charge in [-0.15, -0.1) is 6.58 Å². The molecule has 0 bridgehead atoms. The predicted octanol–water partition coefficient (Wildman–Crippen LogP) is 7.61. The summed E-state index contributed by atoms with van der Waals surface area (Å²) in [4.78, 5) is 0. The molecule has 0 spiro atoms. The van der Waals surface area contributed by atoms with E-state index in [1.807, 2.05) is 25.3 Å². The SMILES string of the molecule is C=CC1CC(C)(CCc2c(C(C)C)n(-c3ccc(F)c(C)c3)c3cc4cn[nH]c4cc23)C1. The first kappa shape index (κ1) is 21.0. The number of aryl methyl sites for hydroxylation is 2. The number of benzene rings is 2. The molecule has 0 saturated heterocycles. The maximum atomic E-state index is 14.1. The number of rotatable bonds is 6. The van der Waals surface area contributed by atoms with E-state index in [2.05, 4.69) is 60.3 Å². The van der Waals surface area contributed by atoms with E-state index >= 15 is 0 Å². The highest BCUT2D eigenvalue weighted by Crippen LogP contribution is 2.49. The fraction of sp³-hybridized carbons (Fsp3) is 0.393. The summed E-state index contributed by atoms with van der Waals surface area (Å²) >= 11 is 0. The van der Waals surface area contributed by atoms with Crippen LogP contribution < -0.4 is 0 Å². The molecule has 2 aromatic heterocycles. The second-order valence-corrected chi connectivity index (χ2v) is 10.3. The Labute approximate surface area is 189 Å². The molecule has 0 radical (unpaired) electrons. The molecule has 1 saturated carbocycles. The molecular weight excluding hydrogens is 397 g/mol. The third kappa shape index (κ3) is 3.37. The van der Waals surface area contributed by atoms with Crippen LogP contribution in [0.4, 0.5) is 4.39 Å². The lowest BCUT2D eigenvalue weighted by Crippen LogP contribution is -2.33. The highest BCUT2D eigenvalue weighted by atomic mass is 19.1. The molecule has 1 N–H and O–H groups in total. The van der Waals surface area contributed by atoms with E-state index in [9.17, 15) is 4.39 Å². The molecule has 1 aliphatic rings. The van der Waals surface area contributed by atoms with Crippen LogP contribution in [0.3, 0.4) is 0 Å². The lowest BCUT2D eigenvalue weighted by molar-refractivity contribution is 0.0958. The van der Waals surface area contributed by atoms with Crippen LogP contribution in [0, 0.1) is 24.1 Å². The summed E-state index contributed by atoms with van der Waals surface area (Å²) in [6, 6.07) is 9.93. The van der Waals surface area contributed by atoms with Gasteiger partial charge < -0.3 is 4.57 Å². The van der Waals surface area contributed by atoms with Crippen LogP contribution in [0.25, 0.3) is 27.5 Å². The second-order valence-electron chi connectivity index (χ2n) is 10.3. The van der Waals surface area contributed by atoms with Crippen molar-refractivity contribution in [3.05, 3.63) is 71.8 Å². The van der Waals surface area contributed by atoms with E-state index < -0.39 is 0 Å². The van der Waals surface area contributed by atoms with E-state index in [4.69, 9.17) is 0 Å². The molecule has 0 amide bonds. The second kappa shape index (κ2) is 7.61. The molecule has 32 heavy (non-hydrogen) atoms. The van der Waals surface area contributed by atoms with E-state index in [1.54, 1.807) is 6.07 Å². The van der Waals surface area contributed by atoms with Gasteiger partial charge in [-0.3, -0.25) is 5.10 Å². The van der Waals surface area contributed by atoms with Crippen LogP contribution in [0.2, 0.25) is 0 Å². The first-order valence-electron chi connectivity index (χ1n) is 11.7. The molecular formula is C28H32FN3. The summed E-state index contributed by atoms with van der Waals surface area (Å²) in [6.45, 7) is 12.8. The number of nitrogens with one attached hydrogen (secondary N) is 1. The Hall–Kier alpha value is -2.88. The van der Waals surface area contributed by atoms with Crippen molar-refractivity contribution < 1.29 is 4.39 Å². The summed E-state index contributed by atoms with van der Waals surface area (Å²) in [7, 11) is 0. The van der Waals surface area contributed by atoms with Crippen molar-refractivity contribution in [1.29, 1.82) is 0 Å². The minimum absolute atomic E-state index is 0.163. The van der Waals surface area contributed by atoms with Crippen molar-refractivity contribution in [2.24, 2.45) is 11.3 Å². The minimum atomic E-state index is -0.163. The lowest BCUT2D eigenvalue weighted by Gasteiger charge is -2.44. The maximum absolute atomic E-state index is 14.1. The Balaban J connectivity index is 1.70. The van der Waals surface area contributed by atoms with E-state index in [0.29, 0.717) is 22.8 Å². The summed E-state index contributed by atoms with van der Waals surface area (Å²) in [5.41, 5.74) is 7.04. The normalized spacial score (nSPS) is 20.9. The molecule has 1 aliphatic carbocycles. The number of aromatic amines is 1. The number of nitrogens with zero attached hydrogens (tertiary/aromatic N) is 2. The van der Waals surface area contributed by atoms with Crippen LogP contribution in [0.1, 0.15) is 62.8 Å². The van der Waals surface area contributed by atoms with Gasteiger partial charge in [0.05, 0.1) is 17.2 Å². The van der Waals surface area contributed by atoms with Gasteiger partial charge >= 0.3 is 0 Å². The van der Waals surface area contributed by atoms with E-state index in [0.717, 1.165) is 23.0 Å². The van der Waals surface area contributed by atoms with Crippen molar-refractivity contribution in [1.82, 2.24) is 14.8 Å². The number of allylic oxidation sites excluding steroid dienone is 1. The average molecular weight is 430 g/mol. The molecule has 0 aliphatic heterocycles. The Morgan fingerprint density at radius 1 is 1.28 bits per heavy atom. The molecule has 166 valence electrons. The summed E-state index contributed by atoms with van der Waals surface area (Å²) in [6.07, 6.45) is 8.65. The Morgan fingerprint density at radius 2 is 2.06 bits per heavy atom. The maximum Gasteiger partial charge on any atom is 0.126 e. The topological polar surface area (TPSA) is 33.6 Å². The Morgan fingerprint density at radius 3 is 2.75 bits per heavy atom. The van der Waals surface area contributed by atoms with Gasteiger partial charge in [-0.2, -0.15) is 5.10 Å². The van der Waals surface area contributed by atoms with E-state index in [-0.39, 0.29) is 5.82 Å². The van der Waals surface area contributed by atoms with Crippen LogP contribution in [0.5, 0.6) is 0 Å². The number of aromatic nitrogens is 3. The van der Waals surface area contributed by atoms with Crippen molar-refractivity contribution in [3.8, 4) is 5.69 Å². The summed E-state index contributed by atoms with van der Waals surface area (Å²) in [5, 5.41) is 9.76. The summed E-state index contributed by atoms with van der Waals surface area (Å²) in [5.74, 6) is 0.843. The number of hydrogen-bond acceptors (Lipinski definition) is 1. The molecule has 0 unspecified atom stereocenters. The van der Waals surface area contributed by atoms with Gasteiger partial charge in [0.25, 0.3) is 0 Å². The third-order valence-corrected chi connectivity index (χ3v) is 7.44. The van der Waals surface area contributed by atoms with Gasteiger partial charge in [-0.1, -0.05) is 26.8 Å². The van der Waals surface area contributed by atoms with Crippen molar-refractivity contribution in [3.63, 3.8) is 0 Å². The quantitative estimate of drug-likeness (QED) is 0.314. The standard InChI is InChI=1S/C28H32FN3/c1-6-19-14-28(5,15-19)10-9-22-23-13-25-20(16-30-31-25)12-26(23)32(27(22)17(2)3)21-7-8-24(29)18(4)11-21/h6-8,11-13,16-17,19H,1,9-10,14-15H2,2-5H3,(H,30,31). The first-order chi connectivity index (χ1) is 15.3.